The van der Waals surface area contributed by atoms with Crippen molar-refractivity contribution in [1.29, 1.82) is 0 Å². The smallest absolute Gasteiger partial charge is 0.207 e. The summed E-state index contributed by atoms with van der Waals surface area (Å²) < 4.78 is 25.3. The fourth-order valence-corrected chi connectivity index (χ4v) is 3.76. The Kier molecular flexibility index (Phi) is 10.3. The molecule has 0 unspecified atom stereocenters. The summed E-state index contributed by atoms with van der Waals surface area (Å²) in [5.74, 6) is 0. The molecule has 0 aliphatic heterocycles. The summed E-state index contributed by atoms with van der Waals surface area (Å²) in [7, 11) is -0.179. The van der Waals surface area contributed by atoms with Gasteiger partial charge < -0.3 is 0 Å². The number of unbranched alkanes of at least 4 members (excludes halogenated alkanes) is 9. The van der Waals surface area contributed by atoms with Crippen molar-refractivity contribution in [3.05, 3.63) is 29.8 Å². The zero-order valence-electron chi connectivity index (χ0n) is 15.8. The number of hydrogen-bond acceptors (Lipinski definition) is 2. The van der Waals surface area contributed by atoms with Crippen LogP contribution in [0.15, 0.2) is 29.2 Å². The van der Waals surface area contributed by atoms with Crippen molar-refractivity contribution in [1.82, 2.24) is 4.31 Å². The lowest BCUT2D eigenvalue weighted by molar-refractivity contribution is 0.520. The van der Waals surface area contributed by atoms with Crippen LogP contribution in [-0.4, -0.2) is 26.8 Å². The van der Waals surface area contributed by atoms with E-state index in [1.165, 1.54) is 74.1 Å². The average Bonchev–Trinajstić information content (AvgIpc) is 2.57. The minimum absolute atomic E-state index is 0.374. The zero-order valence-corrected chi connectivity index (χ0v) is 16.6. The maximum absolute atomic E-state index is 12.0. The summed E-state index contributed by atoms with van der Waals surface area (Å²) in [6.45, 7) is 2.26. The van der Waals surface area contributed by atoms with Gasteiger partial charge in [-0.1, -0.05) is 76.8 Å². The molecule has 24 heavy (non-hydrogen) atoms. The molecule has 0 bridgehead atoms. The Bertz CT molecular complexity index is 535. The van der Waals surface area contributed by atoms with Crippen molar-refractivity contribution in [2.24, 2.45) is 0 Å². The first-order valence-corrected chi connectivity index (χ1v) is 10.9. The van der Waals surface area contributed by atoms with Gasteiger partial charge in [-0.2, -0.15) is 0 Å². The number of benzene rings is 1. The lowest BCUT2D eigenvalue weighted by Gasteiger charge is -2.11. The molecule has 3 nitrogen and oxygen atoms in total. The van der Waals surface area contributed by atoms with E-state index < -0.39 is 10.0 Å². The van der Waals surface area contributed by atoms with Crippen molar-refractivity contribution in [3.63, 3.8) is 0 Å². The van der Waals surface area contributed by atoms with Crippen molar-refractivity contribution >= 4 is 10.0 Å². The van der Waals surface area contributed by atoms with Crippen molar-refractivity contribution in [3.8, 4) is 0 Å². The Labute approximate surface area is 149 Å². The van der Waals surface area contributed by atoms with Crippen LogP contribution < -0.4 is 0 Å². The van der Waals surface area contributed by atoms with Gasteiger partial charge in [0.15, 0.2) is 0 Å². The van der Waals surface area contributed by atoms with Gasteiger partial charge in [-0.25, -0.2) is 12.7 Å². The van der Waals surface area contributed by atoms with Gasteiger partial charge in [0, 0.05) is 14.1 Å². The highest BCUT2D eigenvalue weighted by atomic mass is 32.2. The molecule has 138 valence electrons. The van der Waals surface area contributed by atoms with Crippen LogP contribution in [-0.2, 0) is 16.4 Å². The molecule has 4 heteroatoms. The Morgan fingerprint density at radius 1 is 0.750 bits per heavy atom. The van der Waals surface area contributed by atoms with Gasteiger partial charge in [-0.05, 0) is 30.5 Å². The minimum Gasteiger partial charge on any atom is -0.207 e. The molecule has 0 aromatic heterocycles. The van der Waals surface area contributed by atoms with E-state index in [0.29, 0.717) is 4.90 Å². The largest absolute Gasteiger partial charge is 0.242 e. The molecule has 0 fully saturated rings. The van der Waals surface area contributed by atoms with Crippen LogP contribution in [0.5, 0.6) is 0 Å². The second-order valence-corrected chi connectivity index (χ2v) is 9.02. The van der Waals surface area contributed by atoms with Gasteiger partial charge in [0.2, 0.25) is 10.0 Å². The molecule has 1 aromatic rings. The molecule has 0 saturated carbocycles. The van der Waals surface area contributed by atoms with Gasteiger partial charge in [-0.3, -0.25) is 0 Å². The van der Waals surface area contributed by atoms with Gasteiger partial charge in [-0.15, -0.1) is 0 Å². The van der Waals surface area contributed by atoms with E-state index in [1.807, 2.05) is 12.1 Å². The monoisotopic (exact) mass is 353 g/mol. The third-order valence-corrected chi connectivity index (χ3v) is 6.35. The molecule has 0 radical (unpaired) electrons. The van der Waals surface area contributed by atoms with Crippen LogP contribution in [0.3, 0.4) is 0 Å². The first kappa shape index (κ1) is 21.2. The van der Waals surface area contributed by atoms with Crippen LogP contribution in [0.2, 0.25) is 0 Å². The molecule has 0 aliphatic carbocycles. The Morgan fingerprint density at radius 2 is 1.21 bits per heavy atom. The minimum atomic E-state index is -3.30. The number of hydrogen-bond donors (Lipinski definition) is 0. The summed E-state index contributed by atoms with van der Waals surface area (Å²) in [5, 5.41) is 0. The molecule has 0 atom stereocenters. The number of aryl methyl sites for hydroxylation is 1. The predicted molar refractivity (Wildman–Crippen MR) is 103 cm³/mol. The van der Waals surface area contributed by atoms with Gasteiger partial charge in [0.25, 0.3) is 0 Å². The Hall–Kier alpha value is -0.870. The fraction of sp³-hybridized carbons (Fsp3) is 0.700. The highest BCUT2D eigenvalue weighted by Gasteiger charge is 2.16. The standard InChI is InChI=1S/C20H35NO2S/c1-4-5-6-7-8-9-10-11-12-13-14-19-15-17-20(18-16-19)24(22,23)21(2)3/h15-18H,4-14H2,1-3H3. The third-order valence-electron chi connectivity index (χ3n) is 4.52. The van der Waals surface area contributed by atoms with E-state index in [9.17, 15) is 8.42 Å². The van der Waals surface area contributed by atoms with Crippen LogP contribution >= 0.6 is 0 Å². The van der Waals surface area contributed by atoms with Crippen LogP contribution in [0, 0.1) is 0 Å². The van der Waals surface area contributed by atoms with E-state index in [-0.39, 0.29) is 0 Å². The Balaban J connectivity index is 2.16. The summed E-state index contributed by atoms with van der Waals surface area (Å²) in [5.41, 5.74) is 1.23. The third kappa shape index (κ3) is 7.80. The van der Waals surface area contributed by atoms with Crippen molar-refractivity contribution in [2.75, 3.05) is 14.1 Å². The van der Waals surface area contributed by atoms with Crippen LogP contribution in [0.4, 0.5) is 0 Å². The Morgan fingerprint density at radius 3 is 1.67 bits per heavy atom. The zero-order chi connectivity index (χ0) is 17.8. The summed E-state index contributed by atoms with van der Waals surface area (Å²) in [4.78, 5) is 0.374. The average molecular weight is 354 g/mol. The normalized spacial score (nSPS) is 12.0. The number of sulfonamides is 1. The molecule has 1 aromatic carbocycles. The first-order valence-electron chi connectivity index (χ1n) is 9.50. The lowest BCUT2D eigenvalue weighted by atomic mass is 10.0. The van der Waals surface area contributed by atoms with Gasteiger partial charge >= 0.3 is 0 Å². The van der Waals surface area contributed by atoms with Crippen LogP contribution in [0.1, 0.15) is 76.7 Å². The molecule has 0 aliphatic rings. The number of nitrogens with zero attached hydrogens (tertiary/aromatic N) is 1. The molecular formula is C20H35NO2S. The SMILES string of the molecule is CCCCCCCCCCCCc1ccc(S(=O)(=O)N(C)C)cc1. The maximum atomic E-state index is 12.0. The molecule has 0 N–H and O–H groups in total. The predicted octanol–water partition coefficient (Wildman–Crippen LogP) is 5.40. The van der Waals surface area contributed by atoms with E-state index in [4.69, 9.17) is 0 Å². The van der Waals surface area contributed by atoms with Crippen molar-refractivity contribution < 1.29 is 8.42 Å². The second-order valence-electron chi connectivity index (χ2n) is 6.86. The van der Waals surface area contributed by atoms with Gasteiger partial charge in [0.1, 0.15) is 0 Å². The maximum Gasteiger partial charge on any atom is 0.242 e. The topological polar surface area (TPSA) is 37.4 Å². The van der Waals surface area contributed by atoms with Gasteiger partial charge in [0.05, 0.1) is 4.90 Å². The van der Waals surface area contributed by atoms with E-state index in [2.05, 4.69) is 6.92 Å². The van der Waals surface area contributed by atoms with E-state index in [1.54, 1.807) is 26.2 Å². The quantitative estimate of drug-likeness (QED) is 0.445. The fourth-order valence-electron chi connectivity index (χ4n) is 2.86. The van der Waals surface area contributed by atoms with E-state index in [0.717, 1.165) is 6.42 Å². The first-order chi connectivity index (χ1) is 11.5. The summed E-state index contributed by atoms with van der Waals surface area (Å²) in [6.07, 6.45) is 14.4. The molecular weight excluding hydrogens is 318 g/mol. The molecule has 0 amide bonds. The highest BCUT2D eigenvalue weighted by Crippen LogP contribution is 2.16. The molecule has 0 spiro atoms. The summed E-state index contributed by atoms with van der Waals surface area (Å²) in [6, 6.07) is 7.34. The van der Waals surface area contributed by atoms with Crippen LogP contribution in [0.25, 0.3) is 0 Å². The molecule has 0 heterocycles. The second kappa shape index (κ2) is 11.6. The van der Waals surface area contributed by atoms with Crippen molar-refractivity contribution in [2.45, 2.75) is 82.4 Å². The molecule has 0 saturated heterocycles. The summed E-state index contributed by atoms with van der Waals surface area (Å²) >= 11 is 0. The van der Waals surface area contributed by atoms with E-state index >= 15 is 0 Å². The number of rotatable bonds is 13. The molecule has 1 rings (SSSR count). The highest BCUT2D eigenvalue weighted by molar-refractivity contribution is 7.89. The lowest BCUT2D eigenvalue weighted by Crippen LogP contribution is -2.22.